The van der Waals surface area contributed by atoms with Gasteiger partial charge in [-0.25, -0.2) is 9.48 Å². The van der Waals surface area contributed by atoms with Gasteiger partial charge < -0.3 is 10.4 Å². The maximum Gasteiger partial charge on any atom is 0.356 e. The van der Waals surface area contributed by atoms with E-state index < -0.39 is 5.97 Å². The van der Waals surface area contributed by atoms with Gasteiger partial charge in [0, 0.05) is 23.9 Å². The van der Waals surface area contributed by atoms with Gasteiger partial charge in [-0.15, -0.1) is 0 Å². The van der Waals surface area contributed by atoms with E-state index in [9.17, 15) is 9.90 Å². The van der Waals surface area contributed by atoms with Gasteiger partial charge in [-0.3, -0.25) is 4.99 Å². The molecule has 0 spiro atoms. The van der Waals surface area contributed by atoms with Gasteiger partial charge in [0.05, 0.1) is 11.9 Å². The summed E-state index contributed by atoms with van der Waals surface area (Å²) in [5.41, 5.74) is 2.14. The molecule has 1 aliphatic heterocycles. The second-order valence-electron chi connectivity index (χ2n) is 5.39. The Labute approximate surface area is 115 Å². The van der Waals surface area contributed by atoms with Gasteiger partial charge >= 0.3 is 5.97 Å². The van der Waals surface area contributed by atoms with Crippen LogP contribution in [0.25, 0.3) is 5.82 Å². The summed E-state index contributed by atoms with van der Waals surface area (Å²) in [5.74, 6) is 0.905. The van der Waals surface area contributed by atoms with Crippen molar-refractivity contribution >= 4 is 18.0 Å². The van der Waals surface area contributed by atoms with Crippen LogP contribution < -0.4 is 5.32 Å². The molecular weight excluding hydrogens is 256 g/mol. The molecule has 0 amide bonds. The molecule has 1 aromatic rings. The highest BCUT2D eigenvalue weighted by atomic mass is 16.4. The number of carboxylic acids is 1. The molecular formula is C14H14N4O2. The lowest BCUT2D eigenvalue weighted by Crippen LogP contribution is -2.16. The van der Waals surface area contributed by atoms with Gasteiger partial charge in [0.25, 0.3) is 0 Å². The van der Waals surface area contributed by atoms with Crippen molar-refractivity contribution < 1.29 is 9.90 Å². The van der Waals surface area contributed by atoms with Crippen LogP contribution in [0.3, 0.4) is 0 Å². The van der Waals surface area contributed by atoms with Crippen LogP contribution in [0.2, 0.25) is 0 Å². The number of hydrogen-bond acceptors (Lipinski definition) is 4. The van der Waals surface area contributed by atoms with Crippen molar-refractivity contribution in [3.8, 4) is 0 Å². The highest BCUT2D eigenvalue weighted by Gasteiger charge is 2.47. The van der Waals surface area contributed by atoms with E-state index in [0.29, 0.717) is 17.7 Å². The molecule has 6 heteroatoms. The maximum absolute atomic E-state index is 11.4. The van der Waals surface area contributed by atoms with Crippen LogP contribution in [0.4, 0.5) is 0 Å². The quantitative estimate of drug-likeness (QED) is 0.855. The number of nitrogens with one attached hydrogen (secondary N) is 1. The number of rotatable bonds is 2. The number of aliphatic imine (C=N–C) groups is 1. The Morgan fingerprint density at radius 1 is 1.50 bits per heavy atom. The number of aromatic carboxylic acids is 1. The molecule has 102 valence electrons. The lowest BCUT2D eigenvalue weighted by molar-refractivity contribution is 0.0688. The van der Waals surface area contributed by atoms with Crippen LogP contribution in [0.15, 0.2) is 23.5 Å². The first-order chi connectivity index (χ1) is 9.75. The van der Waals surface area contributed by atoms with Crippen molar-refractivity contribution in [2.45, 2.75) is 25.2 Å². The number of aromatic nitrogens is 2. The third-order valence-electron chi connectivity index (χ3n) is 4.19. The number of nitrogens with zero attached hydrogens (tertiary/aromatic N) is 3. The summed E-state index contributed by atoms with van der Waals surface area (Å²) in [7, 11) is 0. The monoisotopic (exact) mass is 270 g/mol. The number of fused-ring (bicyclic) bond motifs is 3. The summed E-state index contributed by atoms with van der Waals surface area (Å²) in [4.78, 5) is 15.5. The second kappa shape index (κ2) is 4.06. The largest absolute Gasteiger partial charge is 0.476 e. The average Bonchev–Trinajstić information content (AvgIpc) is 3.18. The molecule has 3 aliphatic rings. The third-order valence-corrected chi connectivity index (χ3v) is 4.19. The van der Waals surface area contributed by atoms with E-state index in [0.717, 1.165) is 30.5 Å². The summed E-state index contributed by atoms with van der Waals surface area (Å²) >= 11 is 0. The van der Waals surface area contributed by atoms with Crippen LogP contribution in [0, 0.1) is 5.92 Å². The molecule has 2 heterocycles. The molecule has 0 saturated heterocycles. The first kappa shape index (κ1) is 11.5. The molecule has 0 radical (unpaired) electrons. The van der Waals surface area contributed by atoms with Crippen LogP contribution in [0.5, 0.6) is 0 Å². The third kappa shape index (κ3) is 1.61. The molecule has 2 aliphatic carbocycles. The van der Waals surface area contributed by atoms with E-state index in [4.69, 9.17) is 0 Å². The van der Waals surface area contributed by atoms with E-state index in [2.05, 4.69) is 15.4 Å². The van der Waals surface area contributed by atoms with E-state index in [1.165, 1.54) is 0 Å². The normalized spacial score (nSPS) is 26.1. The minimum Gasteiger partial charge on any atom is -0.476 e. The van der Waals surface area contributed by atoms with E-state index in [-0.39, 0.29) is 5.69 Å². The van der Waals surface area contributed by atoms with Gasteiger partial charge in [0.1, 0.15) is 5.82 Å². The molecule has 1 fully saturated rings. The maximum atomic E-state index is 11.4. The Hall–Kier alpha value is -2.37. The fourth-order valence-corrected chi connectivity index (χ4v) is 3.17. The van der Waals surface area contributed by atoms with Crippen LogP contribution in [-0.2, 0) is 6.42 Å². The lowest BCUT2D eigenvalue weighted by Gasteiger charge is -2.14. The van der Waals surface area contributed by atoms with Crippen molar-refractivity contribution in [1.29, 1.82) is 0 Å². The predicted molar refractivity (Wildman–Crippen MR) is 73.4 cm³/mol. The van der Waals surface area contributed by atoms with Crippen molar-refractivity contribution in [3.63, 3.8) is 0 Å². The number of carbonyl (C=O) groups is 1. The molecule has 2 N–H and O–H groups in total. The van der Waals surface area contributed by atoms with E-state index >= 15 is 0 Å². The standard InChI is InChI=1S/C14H14N4O2/c19-14(20)12-9-3-2-8-6-10(8)13(9)18(17-12)11-7-15-4-1-5-16-11/h1,4-5,7-8,10,16H,2-3,6H2,(H,19,20)/t8-,10+/m1/s1. The molecule has 0 aromatic carbocycles. The second-order valence-corrected chi connectivity index (χ2v) is 5.39. The highest BCUT2D eigenvalue weighted by Crippen LogP contribution is 2.55. The SMILES string of the molecule is O=C(O)c1nn(C2=CN=CC=CN2)c2c1CC[C@@H]1C[C@H]21. The summed E-state index contributed by atoms with van der Waals surface area (Å²) < 4.78 is 1.73. The van der Waals surface area contributed by atoms with Crippen LogP contribution in [0.1, 0.15) is 40.5 Å². The fourth-order valence-electron chi connectivity index (χ4n) is 3.17. The summed E-state index contributed by atoms with van der Waals surface area (Å²) in [6.07, 6.45) is 9.93. The first-order valence-electron chi connectivity index (χ1n) is 6.76. The van der Waals surface area contributed by atoms with Gasteiger partial charge in [-0.2, -0.15) is 5.10 Å². The van der Waals surface area contributed by atoms with E-state index in [1.54, 1.807) is 29.4 Å². The topological polar surface area (TPSA) is 79.5 Å². The number of carboxylic acid groups (broad SMARTS) is 1. The number of hydrogen-bond donors (Lipinski definition) is 2. The molecule has 0 bridgehead atoms. The fraction of sp³-hybridized carbons (Fsp3) is 0.357. The minimum atomic E-state index is -0.952. The molecule has 2 atom stereocenters. The Morgan fingerprint density at radius 2 is 2.40 bits per heavy atom. The molecule has 20 heavy (non-hydrogen) atoms. The minimum absolute atomic E-state index is 0.185. The van der Waals surface area contributed by atoms with Crippen molar-refractivity contribution in [1.82, 2.24) is 15.1 Å². The Balaban J connectivity index is 1.87. The first-order valence-corrected chi connectivity index (χ1v) is 6.76. The van der Waals surface area contributed by atoms with Gasteiger partial charge in [-0.1, -0.05) is 0 Å². The van der Waals surface area contributed by atoms with E-state index in [1.807, 2.05) is 0 Å². The van der Waals surface area contributed by atoms with Gasteiger partial charge in [0.2, 0.25) is 0 Å². The molecule has 4 rings (SSSR count). The average molecular weight is 270 g/mol. The van der Waals surface area contributed by atoms with Gasteiger partial charge in [0.15, 0.2) is 5.69 Å². The van der Waals surface area contributed by atoms with Crippen molar-refractivity contribution in [2.75, 3.05) is 0 Å². The van der Waals surface area contributed by atoms with Crippen LogP contribution >= 0.6 is 0 Å². The molecule has 1 saturated carbocycles. The summed E-state index contributed by atoms with van der Waals surface area (Å²) in [6.45, 7) is 0. The van der Waals surface area contributed by atoms with Crippen molar-refractivity contribution in [2.24, 2.45) is 10.9 Å². The zero-order valence-electron chi connectivity index (χ0n) is 10.8. The molecule has 0 unspecified atom stereocenters. The lowest BCUT2D eigenvalue weighted by atomic mass is 9.96. The summed E-state index contributed by atoms with van der Waals surface area (Å²) in [6, 6.07) is 0. The molecule has 1 aromatic heterocycles. The Bertz CT molecular complexity index is 684. The predicted octanol–water partition coefficient (Wildman–Crippen LogP) is 1.57. The zero-order valence-corrected chi connectivity index (χ0v) is 10.8. The Morgan fingerprint density at radius 3 is 3.25 bits per heavy atom. The van der Waals surface area contributed by atoms with Crippen molar-refractivity contribution in [3.05, 3.63) is 35.4 Å². The summed E-state index contributed by atoms with van der Waals surface area (Å²) in [5, 5.41) is 16.8. The van der Waals surface area contributed by atoms with Gasteiger partial charge in [-0.05, 0) is 31.3 Å². The number of allylic oxidation sites excluding steroid dienone is 1. The zero-order chi connectivity index (χ0) is 13.7. The molecule has 6 nitrogen and oxygen atoms in total. The van der Waals surface area contributed by atoms with Crippen LogP contribution in [-0.4, -0.2) is 27.1 Å². The smallest absolute Gasteiger partial charge is 0.356 e. The highest BCUT2D eigenvalue weighted by molar-refractivity contribution is 5.88. The Kier molecular flexibility index (Phi) is 2.33.